The molecule has 1 saturated carbocycles. The molecule has 100 valence electrons. The lowest BCUT2D eigenvalue weighted by Crippen LogP contribution is -2.57. The minimum Gasteiger partial charge on any atom is -0.327 e. The van der Waals surface area contributed by atoms with Crippen LogP contribution in [0.3, 0.4) is 0 Å². The van der Waals surface area contributed by atoms with Crippen LogP contribution < -0.4 is 11.1 Å². The molecule has 0 spiro atoms. The van der Waals surface area contributed by atoms with Crippen molar-refractivity contribution in [2.24, 2.45) is 17.6 Å². The molecule has 3 atom stereocenters. The van der Waals surface area contributed by atoms with E-state index in [-0.39, 0.29) is 31.0 Å². The molecule has 3 N–H and O–H groups in total. The lowest BCUT2D eigenvalue weighted by atomic mass is 9.77. The van der Waals surface area contributed by atoms with Gasteiger partial charge in [-0.05, 0) is 18.8 Å². The summed E-state index contributed by atoms with van der Waals surface area (Å²) in [5.74, 6) is -0.944. The van der Waals surface area contributed by atoms with E-state index < -0.39 is 11.8 Å². The van der Waals surface area contributed by atoms with Gasteiger partial charge in [0, 0.05) is 6.04 Å². The number of nitrogens with one attached hydrogen (secondary N) is 1. The maximum Gasteiger partial charge on any atom is 0.246 e. The predicted molar refractivity (Wildman–Crippen MR) is 64.2 cm³/mol. The number of hydrogen-bond donors (Lipinski definition) is 2. The lowest BCUT2D eigenvalue weighted by Gasteiger charge is -2.36. The Morgan fingerprint density at radius 1 is 1.28 bits per heavy atom. The smallest absolute Gasteiger partial charge is 0.246 e. The molecule has 0 aromatic heterocycles. The molecule has 2 fully saturated rings. The first-order chi connectivity index (χ1) is 8.49. The van der Waals surface area contributed by atoms with Crippen LogP contribution in [0.1, 0.15) is 26.2 Å². The van der Waals surface area contributed by atoms with E-state index in [1.807, 2.05) is 6.92 Å². The maximum atomic E-state index is 12.3. The number of piperazine rings is 1. The number of amides is 3. The molecule has 0 aromatic rings. The average molecular weight is 253 g/mol. The van der Waals surface area contributed by atoms with Gasteiger partial charge in [-0.15, -0.1) is 0 Å². The zero-order valence-corrected chi connectivity index (χ0v) is 10.5. The lowest BCUT2D eigenvalue weighted by molar-refractivity contribution is -0.148. The van der Waals surface area contributed by atoms with Crippen LogP contribution in [0.2, 0.25) is 0 Å². The first kappa shape index (κ1) is 13.0. The summed E-state index contributed by atoms with van der Waals surface area (Å²) >= 11 is 0. The van der Waals surface area contributed by atoms with Crippen molar-refractivity contribution < 1.29 is 14.4 Å². The fourth-order valence-electron chi connectivity index (χ4n) is 2.76. The molecular formula is C12H19N3O3. The standard InChI is InChI=1S/C12H19N3O3/c1-7-3-2-4-8(11(7)13)12(18)15-5-9(16)14-10(17)6-15/h7-8,11H,2-6,13H2,1H3,(H,14,16,17). The van der Waals surface area contributed by atoms with Crippen molar-refractivity contribution in [2.75, 3.05) is 13.1 Å². The average Bonchev–Trinajstić information content (AvgIpc) is 2.30. The Morgan fingerprint density at radius 3 is 2.50 bits per heavy atom. The van der Waals surface area contributed by atoms with Crippen molar-refractivity contribution in [1.29, 1.82) is 0 Å². The van der Waals surface area contributed by atoms with Crippen LogP contribution in [0.5, 0.6) is 0 Å². The minimum atomic E-state index is -0.419. The molecule has 3 unspecified atom stereocenters. The van der Waals surface area contributed by atoms with Gasteiger partial charge in [0.15, 0.2) is 0 Å². The van der Waals surface area contributed by atoms with E-state index in [2.05, 4.69) is 5.32 Å². The largest absolute Gasteiger partial charge is 0.327 e. The first-order valence-electron chi connectivity index (χ1n) is 6.36. The molecule has 1 saturated heterocycles. The van der Waals surface area contributed by atoms with Gasteiger partial charge in [0.05, 0.1) is 5.92 Å². The number of rotatable bonds is 1. The van der Waals surface area contributed by atoms with Crippen LogP contribution in [0, 0.1) is 11.8 Å². The number of nitrogens with zero attached hydrogens (tertiary/aromatic N) is 1. The fourth-order valence-corrected chi connectivity index (χ4v) is 2.76. The van der Waals surface area contributed by atoms with Crippen LogP contribution in [-0.2, 0) is 14.4 Å². The van der Waals surface area contributed by atoms with Crippen LogP contribution >= 0.6 is 0 Å². The second kappa shape index (κ2) is 5.06. The first-order valence-corrected chi connectivity index (χ1v) is 6.36. The summed E-state index contributed by atoms with van der Waals surface area (Å²) < 4.78 is 0. The normalized spacial score (nSPS) is 33.2. The monoisotopic (exact) mass is 253 g/mol. The summed E-state index contributed by atoms with van der Waals surface area (Å²) in [6.45, 7) is 1.96. The van der Waals surface area contributed by atoms with Crippen molar-refractivity contribution in [1.82, 2.24) is 10.2 Å². The minimum absolute atomic E-state index is 0.0395. The molecule has 2 aliphatic rings. The van der Waals surface area contributed by atoms with Gasteiger partial charge < -0.3 is 10.6 Å². The van der Waals surface area contributed by atoms with Gasteiger partial charge in [-0.3, -0.25) is 19.7 Å². The number of nitrogens with two attached hydrogens (primary N) is 1. The Hall–Kier alpha value is -1.43. The summed E-state index contributed by atoms with van der Waals surface area (Å²) in [6.07, 6.45) is 2.75. The predicted octanol–water partition coefficient (Wildman–Crippen LogP) is -0.765. The van der Waals surface area contributed by atoms with Crippen molar-refractivity contribution in [3.63, 3.8) is 0 Å². The van der Waals surface area contributed by atoms with Crippen molar-refractivity contribution in [3.05, 3.63) is 0 Å². The second-order valence-corrected chi connectivity index (χ2v) is 5.26. The quantitative estimate of drug-likeness (QED) is 0.600. The SMILES string of the molecule is CC1CCCC(C(=O)N2CC(=O)NC(=O)C2)C1N. The summed E-state index contributed by atoms with van der Waals surface area (Å²) in [5, 5.41) is 2.18. The molecule has 1 heterocycles. The third-order valence-corrected chi connectivity index (χ3v) is 3.87. The van der Waals surface area contributed by atoms with E-state index in [1.165, 1.54) is 4.90 Å². The Balaban J connectivity index is 2.06. The van der Waals surface area contributed by atoms with Gasteiger partial charge >= 0.3 is 0 Å². The highest BCUT2D eigenvalue weighted by Gasteiger charge is 2.37. The third kappa shape index (κ3) is 2.53. The highest BCUT2D eigenvalue weighted by molar-refractivity contribution is 6.02. The third-order valence-electron chi connectivity index (χ3n) is 3.87. The van der Waals surface area contributed by atoms with E-state index in [1.54, 1.807) is 0 Å². The highest BCUT2D eigenvalue weighted by Crippen LogP contribution is 2.29. The molecule has 0 bridgehead atoms. The van der Waals surface area contributed by atoms with E-state index >= 15 is 0 Å². The molecule has 0 aromatic carbocycles. The van der Waals surface area contributed by atoms with Crippen LogP contribution in [0.15, 0.2) is 0 Å². The zero-order chi connectivity index (χ0) is 13.3. The van der Waals surface area contributed by atoms with E-state index in [0.717, 1.165) is 19.3 Å². The molecular weight excluding hydrogens is 234 g/mol. The van der Waals surface area contributed by atoms with E-state index in [4.69, 9.17) is 5.73 Å². The van der Waals surface area contributed by atoms with Gasteiger partial charge in [0.25, 0.3) is 0 Å². The maximum absolute atomic E-state index is 12.3. The molecule has 1 aliphatic carbocycles. The molecule has 3 amide bonds. The van der Waals surface area contributed by atoms with Gasteiger partial charge in [-0.25, -0.2) is 0 Å². The fraction of sp³-hybridized carbons (Fsp3) is 0.750. The zero-order valence-electron chi connectivity index (χ0n) is 10.5. The Morgan fingerprint density at radius 2 is 1.89 bits per heavy atom. The van der Waals surface area contributed by atoms with Crippen molar-refractivity contribution in [3.8, 4) is 0 Å². The van der Waals surface area contributed by atoms with Gasteiger partial charge in [0.2, 0.25) is 17.7 Å². The van der Waals surface area contributed by atoms with Crippen LogP contribution in [0.25, 0.3) is 0 Å². The summed E-state index contributed by atoms with van der Waals surface area (Å²) in [4.78, 5) is 36.2. The number of hydrogen-bond acceptors (Lipinski definition) is 4. The molecule has 2 rings (SSSR count). The number of imide groups is 1. The van der Waals surface area contributed by atoms with Crippen molar-refractivity contribution >= 4 is 17.7 Å². The van der Waals surface area contributed by atoms with E-state index in [0.29, 0.717) is 5.92 Å². The van der Waals surface area contributed by atoms with Gasteiger partial charge in [-0.2, -0.15) is 0 Å². The Labute approximate surface area is 106 Å². The summed E-state index contributed by atoms with van der Waals surface area (Å²) in [5.41, 5.74) is 6.07. The Bertz CT molecular complexity index is 367. The summed E-state index contributed by atoms with van der Waals surface area (Å²) in [7, 11) is 0. The molecule has 0 radical (unpaired) electrons. The molecule has 18 heavy (non-hydrogen) atoms. The number of carbonyl (C=O) groups is 3. The number of carbonyl (C=O) groups excluding carboxylic acids is 3. The Kier molecular flexibility index (Phi) is 3.65. The topological polar surface area (TPSA) is 92.5 Å². The summed E-state index contributed by atoms with van der Waals surface area (Å²) in [6, 6.07) is -0.175. The van der Waals surface area contributed by atoms with Crippen molar-refractivity contribution in [2.45, 2.75) is 32.2 Å². The molecule has 6 heteroatoms. The van der Waals surface area contributed by atoms with Crippen LogP contribution in [0.4, 0.5) is 0 Å². The highest BCUT2D eigenvalue weighted by atomic mass is 16.2. The van der Waals surface area contributed by atoms with Gasteiger partial charge in [0.1, 0.15) is 13.1 Å². The second-order valence-electron chi connectivity index (χ2n) is 5.26. The molecule has 1 aliphatic heterocycles. The van der Waals surface area contributed by atoms with Gasteiger partial charge in [-0.1, -0.05) is 13.3 Å². The van der Waals surface area contributed by atoms with E-state index in [9.17, 15) is 14.4 Å². The van der Waals surface area contributed by atoms with Crippen LogP contribution in [-0.4, -0.2) is 41.8 Å². The molecule has 6 nitrogen and oxygen atoms in total.